The number of hydrogen-bond donors (Lipinski definition) is 1. The summed E-state index contributed by atoms with van der Waals surface area (Å²) in [6.45, 7) is 5.83. The van der Waals surface area contributed by atoms with Gasteiger partial charge in [0.2, 0.25) is 0 Å². The Hall–Kier alpha value is -1.62. The Kier molecular flexibility index (Phi) is 3.58. The predicted molar refractivity (Wildman–Crippen MR) is 67.3 cm³/mol. The van der Waals surface area contributed by atoms with Gasteiger partial charge >= 0.3 is 0 Å². The number of rotatable bonds is 5. The lowest BCUT2D eigenvalue weighted by atomic mass is 10.2. The normalized spacial score (nSPS) is 11.0. The van der Waals surface area contributed by atoms with E-state index in [1.165, 1.54) is 0 Å². The number of hydrogen-bond acceptors (Lipinski definition) is 4. The summed E-state index contributed by atoms with van der Waals surface area (Å²) >= 11 is 0. The monoisotopic (exact) mass is 234 g/mol. The van der Waals surface area contributed by atoms with Crippen molar-refractivity contribution in [1.82, 2.24) is 14.6 Å². The third kappa shape index (κ3) is 2.39. The molecule has 0 fully saturated rings. The van der Waals surface area contributed by atoms with E-state index in [-0.39, 0.29) is 6.61 Å². The molecule has 0 aromatic carbocycles. The van der Waals surface area contributed by atoms with E-state index in [0.29, 0.717) is 6.54 Å². The van der Waals surface area contributed by atoms with Crippen LogP contribution in [-0.4, -0.2) is 39.4 Å². The van der Waals surface area contributed by atoms with Crippen LogP contribution in [0.2, 0.25) is 0 Å². The molecule has 0 bridgehead atoms. The van der Waals surface area contributed by atoms with E-state index in [1.807, 2.05) is 17.5 Å². The smallest absolute Gasteiger partial charge is 0.157 e. The van der Waals surface area contributed by atoms with Gasteiger partial charge in [-0.15, -0.1) is 0 Å². The molecule has 2 aromatic heterocycles. The minimum atomic E-state index is 0.143. The van der Waals surface area contributed by atoms with Gasteiger partial charge in [-0.2, -0.15) is 9.61 Å². The summed E-state index contributed by atoms with van der Waals surface area (Å²) in [4.78, 5) is 6.34. The maximum atomic E-state index is 9.13. The first-order valence-electron chi connectivity index (χ1n) is 5.92. The molecule has 0 aliphatic rings. The number of aryl methyl sites for hydroxylation is 1. The maximum absolute atomic E-state index is 9.13. The molecular weight excluding hydrogens is 216 g/mol. The van der Waals surface area contributed by atoms with Gasteiger partial charge in [0.15, 0.2) is 5.65 Å². The minimum Gasteiger partial charge on any atom is -0.395 e. The van der Waals surface area contributed by atoms with Gasteiger partial charge in [0, 0.05) is 13.1 Å². The molecule has 2 rings (SSSR count). The van der Waals surface area contributed by atoms with Gasteiger partial charge in [0.25, 0.3) is 0 Å². The van der Waals surface area contributed by atoms with Crippen molar-refractivity contribution in [1.29, 1.82) is 0 Å². The van der Waals surface area contributed by atoms with E-state index >= 15 is 0 Å². The highest BCUT2D eigenvalue weighted by Gasteiger charge is 2.11. The number of pyridine rings is 1. The summed E-state index contributed by atoms with van der Waals surface area (Å²) in [6.07, 6.45) is 2.59. The maximum Gasteiger partial charge on any atom is 0.157 e. The Balaban J connectivity index is 2.46. The van der Waals surface area contributed by atoms with Crippen LogP contribution in [-0.2, 0) is 0 Å². The first-order valence-corrected chi connectivity index (χ1v) is 5.92. The van der Waals surface area contributed by atoms with Crippen LogP contribution in [0.3, 0.4) is 0 Å². The standard InChI is InChI=1S/C12H18N4O/c1-3-4-15(5-6-17)12-8-10(2)7-11-13-9-14-16(11)12/h7-9,17H,3-6H2,1-2H3. The lowest BCUT2D eigenvalue weighted by Gasteiger charge is -2.23. The molecule has 0 aliphatic heterocycles. The summed E-state index contributed by atoms with van der Waals surface area (Å²) in [5, 5.41) is 13.4. The fraction of sp³-hybridized carbons (Fsp3) is 0.500. The number of aliphatic hydroxyl groups is 1. The summed E-state index contributed by atoms with van der Waals surface area (Å²) in [6, 6.07) is 4.08. The van der Waals surface area contributed by atoms with Crippen LogP contribution in [0.4, 0.5) is 5.82 Å². The van der Waals surface area contributed by atoms with Crippen molar-refractivity contribution in [3.63, 3.8) is 0 Å². The van der Waals surface area contributed by atoms with Crippen LogP contribution in [0.5, 0.6) is 0 Å². The van der Waals surface area contributed by atoms with Gasteiger partial charge in [-0.3, -0.25) is 0 Å². The highest BCUT2D eigenvalue weighted by atomic mass is 16.3. The van der Waals surface area contributed by atoms with Crippen LogP contribution >= 0.6 is 0 Å². The molecule has 92 valence electrons. The van der Waals surface area contributed by atoms with Gasteiger partial charge < -0.3 is 10.0 Å². The predicted octanol–water partition coefficient (Wildman–Crippen LogP) is 1.25. The first kappa shape index (κ1) is 11.9. The van der Waals surface area contributed by atoms with Crippen LogP contribution < -0.4 is 4.90 Å². The fourth-order valence-electron chi connectivity index (χ4n) is 1.99. The van der Waals surface area contributed by atoms with Crippen LogP contribution in [0.15, 0.2) is 18.5 Å². The Morgan fingerprint density at radius 2 is 2.18 bits per heavy atom. The summed E-state index contributed by atoms with van der Waals surface area (Å²) in [5.41, 5.74) is 2.00. The van der Waals surface area contributed by atoms with Gasteiger partial charge in [-0.1, -0.05) is 6.92 Å². The molecular formula is C12H18N4O. The molecule has 1 N–H and O–H groups in total. The van der Waals surface area contributed by atoms with Crippen molar-refractivity contribution in [3.05, 3.63) is 24.0 Å². The molecule has 0 amide bonds. The van der Waals surface area contributed by atoms with E-state index < -0.39 is 0 Å². The molecule has 2 heterocycles. The number of fused-ring (bicyclic) bond motifs is 1. The average Bonchev–Trinajstić information content (AvgIpc) is 2.75. The van der Waals surface area contributed by atoms with Crippen molar-refractivity contribution < 1.29 is 5.11 Å². The Morgan fingerprint density at radius 3 is 2.88 bits per heavy atom. The summed E-state index contributed by atoms with van der Waals surface area (Å²) < 4.78 is 1.82. The van der Waals surface area contributed by atoms with Gasteiger partial charge in [0.05, 0.1) is 6.61 Å². The average molecular weight is 234 g/mol. The number of anilines is 1. The zero-order valence-corrected chi connectivity index (χ0v) is 10.3. The van der Waals surface area contributed by atoms with Crippen molar-refractivity contribution in [3.8, 4) is 0 Å². The van der Waals surface area contributed by atoms with E-state index in [0.717, 1.165) is 30.0 Å². The third-order valence-corrected chi connectivity index (χ3v) is 2.69. The van der Waals surface area contributed by atoms with Gasteiger partial charge in [-0.25, -0.2) is 4.98 Å². The number of aliphatic hydroxyl groups excluding tert-OH is 1. The highest BCUT2D eigenvalue weighted by molar-refractivity contribution is 5.52. The quantitative estimate of drug-likeness (QED) is 0.846. The van der Waals surface area contributed by atoms with Crippen molar-refractivity contribution in [2.24, 2.45) is 0 Å². The zero-order chi connectivity index (χ0) is 12.3. The first-order chi connectivity index (χ1) is 8.26. The lowest BCUT2D eigenvalue weighted by Crippen LogP contribution is -2.29. The van der Waals surface area contributed by atoms with E-state index in [2.05, 4.69) is 28.0 Å². The lowest BCUT2D eigenvalue weighted by molar-refractivity contribution is 0.301. The van der Waals surface area contributed by atoms with E-state index in [4.69, 9.17) is 5.11 Å². The summed E-state index contributed by atoms with van der Waals surface area (Å²) in [7, 11) is 0. The molecule has 0 radical (unpaired) electrons. The van der Waals surface area contributed by atoms with E-state index in [1.54, 1.807) is 6.33 Å². The molecule has 2 aromatic rings. The zero-order valence-electron chi connectivity index (χ0n) is 10.3. The molecule has 0 saturated carbocycles. The van der Waals surface area contributed by atoms with Crippen LogP contribution in [0, 0.1) is 6.92 Å². The minimum absolute atomic E-state index is 0.143. The Morgan fingerprint density at radius 1 is 1.35 bits per heavy atom. The second-order valence-corrected chi connectivity index (χ2v) is 4.13. The Bertz CT molecular complexity index is 488. The van der Waals surface area contributed by atoms with Crippen molar-refractivity contribution in [2.45, 2.75) is 20.3 Å². The number of nitrogens with zero attached hydrogens (tertiary/aromatic N) is 4. The largest absolute Gasteiger partial charge is 0.395 e. The van der Waals surface area contributed by atoms with Crippen molar-refractivity contribution >= 4 is 11.5 Å². The summed E-state index contributed by atoms with van der Waals surface area (Å²) in [5.74, 6) is 0.994. The third-order valence-electron chi connectivity index (χ3n) is 2.69. The molecule has 0 aliphatic carbocycles. The van der Waals surface area contributed by atoms with Crippen LogP contribution in [0.25, 0.3) is 5.65 Å². The fourth-order valence-corrected chi connectivity index (χ4v) is 1.99. The number of aromatic nitrogens is 3. The molecule has 0 spiro atoms. The Labute approximate surface area is 101 Å². The SMILES string of the molecule is CCCN(CCO)c1cc(C)cc2ncnn12. The van der Waals surface area contributed by atoms with Crippen LogP contribution in [0.1, 0.15) is 18.9 Å². The second kappa shape index (κ2) is 5.14. The second-order valence-electron chi connectivity index (χ2n) is 4.13. The molecule has 5 nitrogen and oxygen atoms in total. The van der Waals surface area contributed by atoms with Gasteiger partial charge in [-0.05, 0) is 31.0 Å². The molecule has 0 saturated heterocycles. The highest BCUT2D eigenvalue weighted by Crippen LogP contribution is 2.18. The van der Waals surface area contributed by atoms with Crippen molar-refractivity contribution in [2.75, 3.05) is 24.6 Å². The molecule has 17 heavy (non-hydrogen) atoms. The molecule has 0 unspecified atom stereocenters. The topological polar surface area (TPSA) is 53.7 Å². The van der Waals surface area contributed by atoms with Gasteiger partial charge in [0.1, 0.15) is 12.1 Å². The molecule has 5 heteroatoms. The van der Waals surface area contributed by atoms with E-state index in [9.17, 15) is 0 Å². The molecule has 0 atom stereocenters.